The zero-order valence-electron chi connectivity index (χ0n) is 9.51. The zero-order chi connectivity index (χ0) is 11.5. The minimum absolute atomic E-state index is 0.219. The van der Waals surface area contributed by atoms with Crippen LogP contribution in [0, 0.1) is 0 Å². The molecule has 2 N–H and O–H groups in total. The summed E-state index contributed by atoms with van der Waals surface area (Å²) in [6.45, 7) is 7.29. The highest BCUT2D eigenvalue weighted by molar-refractivity contribution is 8.00. The smallest absolute Gasteiger partial charge is 0.0409 e. The Morgan fingerprint density at radius 1 is 1.33 bits per heavy atom. The maximum atomic E-state index is 5.97. The minimum Gasteiger partial charge on any atom is -0.330 e. The van der Waals surface area contributed by atoms with Gasteiger partial charge in [-0.1, -0.05) is 32.4 Å². The molecule has 1 rings (SSSR count). The Morgan fingerprint density at radius 2 is 2.00 bits per heavy atom. The van der Waals surface area contributed by atoms with Crippen molar-refractivity contribution in [2.45, 2.75) is 36.8 Å². The minimum atomic E-state index is 0.219. The van der Waals surface area contributed by atoms with Crippen molar-refractivity contribution < 1.29 is 0 Å². The molecule has 0 aliphatic carbocycles. The highest BCUT2D eigenvalue weighted by atomic mass is 35.5. The molecular formula is C12H18ClNS. The lowest BCUT2D eigenvalue weighted by molar-refractivity contribution is 0.800. The van der Waals surface area contributed by atoms with Gasteiger partial charge in [0.1, 0.15) is 0 Å². The quantitative estimate of drug-likeness (QED) is 0.819. The second-order valence-electron chi connectivity index (χ2n) is 4.51. The van der Waals surface area contributed by atoms with E-state index in [2.05, 4.69) is 26.8 Å². The first-order valence-corrected chi connectivity index (χ1v) is 6.29. The first-order valence-electron chi connectivity index (χ1n) is 5.10. The van der Waals surface area contributed by atoms with Crippen LogP contribution in [0.2, 0.25) is 5.02 Å². The highest BCUT2D eigenvalue weighted by Gasteiger charge is 2.14. The predicted molar refractivity (Wildman–Crippen MR) is 69.8 cm³/mol. The van der Waals surface area contributed by atoms with E-state index in [9.17, 15) is 0 Å². The van der Waals surface area contributed by atoms with Crippen molar-refractivity contribution in [3.05, 3.63) is 28.8 Å². The van der Waals surface area contributed by atoms with Gasteiger partial charge in [0.25, 0.3) is 0 Å². The maximum Gasteiger partial charge on any atom is 0.0409 e. The fourth-order valence-electron chi connectivity index (χ4n) is 1.33. The summed E-state index contributed by atoms with van der Waals surface area (Å²) in [6.07, 6.45) is 0.888. The molecule has 0 aliphatic heterocycles. The molecule has 0 bridgehead atoms. The van der Waals surface area contributed by atoms with Crippen molar-refractivity contribution in [3.63, 3.8) is 0 Å². The summed E-state index contributed by atoms with van der Waals surface area (Å²) in [5.74, 6) is 0. The lowest BCUT2D eigenvalue weighted by Gasteiger charge is -2.20. The Labute approximate surface area is 101 Å². The third-order valence-corrected chi connectivity index (χ3v) is 3.32. The van der Waals surface area contributed by atoms with E-state index in [-0.39, 0.29) is 4.75 Å². The van der Waals surface area contributed by atoms with Crippen LogP contribution in [0.15, 0.2) is 23.1 Å². The van der Waals surface area contributed by atoms with Crippen molar-refractivity contribution in [3.8, 4) is 0 Å². The number of hydrogen-bond donors (Lipinski definition) is 1. The number of nitrogens with two attached hydrogens (primary N) is 1. The third kappa shape index (κ3) is 4.45. The first-order chi connectivity index (χ1) is 6.92. The summed E-state index contributed by atoms with van der Waals surface area (Å²) in [7, 11) is 0. The number of halogens is 1. The molecule has 0 aliphatic rings. The van der Waals surface area contributed by atoms with Gasteiger partial charge < -0.3 is 5.73 Å². The van der Waals surface area contributed by atoms with Crippen LogP contribution in [-0.2, 0) is 6.42 Å². The summed E-state index contributed by atoms with van der Waals surface area (Å²) in [5.41, 5.74) is 6.85. The van der Waals surface area contributed by atoms with Crippen molar-refractivity contribution in [1.82, 2.24) is 0 Å². The van der Waals surface area contributed by atoms with Gasteiger partial charge >= 0.3 is 0 Å². The Kier molecular flexibility index (Phi) is 4.50. The number of benzene rings is 1. The van der Waals surface area contributed by atoms with Crippen molar-refractivity contribution in [2.75, 3.05) is 6.54 Å². The van der Waals surface area contributed by atoms with Crippen molar-refractivity contribution in [1.29, 1.82) is 0 Å². The average molecular weight is 244 g/mol. The SMILES string of the molecule is CC(C)(C)Sc1ccc(Cl)cc1CCN. The molecule has 1 aromatic rings. The van der Waals surface area contributed by atoms with Gasteiger partial charge in [-0.05, 0) is 36.7 Å². The van der Waals surface area contributed by atoms with E-state index in [0.29, 0.717) is 6.54 Å². The Hall–Kier alpha value is -0.180. The van der Waals surface area contributed by atoms with E-state index in [4.69, 9.17) is 17.3 Å². The molecule has 15 heavy (non-hydrogen) atoms. The molecule has 0 fully saturated rings. The van der Waals surface area contributed by atoms with Gasteiger partial charge in [0.15, 0.2) is 0 Å². The Morgan fingerprint density at radius 3 is 2.53 bits per heavy atom. The monoisotopic (exact) mass is 243 g/mol. The number of hydrogen-bond acceptors (Lipinski definition) is 2. The van der Waals surface area contributed by atoms with E-state index in [1.165, 1.54) is 10.5 Å². The molecule has 0 unspecified atom stereocenters. The molecule has 0 spiro atoms. The van der Waals surface area contributed by atoms with Gasteiger partial charge in [-0.15, -0.1) is 11.8 Å². The summed E-state index contributed by atoms with van der Waals surface area (Å²) >= 11 is 7.84. The molecule has 0 atom stereocenters. The van der Waals surface area contributed by atoms with Crippen LogP contribution in [0.3, 0.4) is 0 Å². The topological polar surface area (TPSA) is 26.0 Å². The summed E-state index contributed by atoms with van der Waals surface area (Å²) in [4.78, 5) is 1.29. The van der Waals surface area contributed by atoms with Gasteiger partial charge in [-0.3, -0.25) is 0 Å². The molecule has 3 heteroatoms. The first kappa shape index (κ1) is 12.9. The molecule has 0 saturated heterocycles. The van der Waals surface area contributed by atoms with Gasteiger partial charge in [0, 0.05) is 14.7 Å². The molecule has 0 amide bonds. The fourth-order valence-corrected chi connectivity index (χ4v) is 2.61. The van der Waals surface area contributed by atoms with Gasteiger partial charge in [0.05, 0.1) is 0 Å². The average Bonchev–Trinajstić information content (AvgIpc) is 2.08. The normalized spacial score (nSPS) is 11.8. The van der Waals surface area contributed by atoms with Crippen molar-refractivity contribution >= 4 is 23.4 Å². The van der Waals surface area contributed by atoms with Gasteiger partial charge in [0.2, 0.25) is 0 Å². The second-order valence-corrected chi connectivity index (χ2v) is 6.81. The zero-order valence-corrected chi connectivity index (χ0v) is 11.1. The molecule has 0 saturated carbocycles. The van der Waals surface area contributed by atoms with E-state index in [0.717, 1.165) is 11.4 Å². The Bertz CT molecular complexity index is 331. The molecule has 0 aromatic heterocycles. The van der Waals surface area contributed by atoms with Crippen LogP contribution < -0.4 is 5.73 Å². The molecule has 0 radical (unpaired) electrons. The van der Waals surface area contributed by atoms with E-state index >= 15 is 0 Å². The molecule has 1 nitrogen and oxygen atoms in total. The Balaban J connectivity index is 2.95. The number of rotatable bonds is 3. The van der Waals surface area contributed by atoms with Crippen LogP contribution >= 0.6 is 23.4 Å². The summed E-state index contributed by atoms with van der Waals surface area (Å²) in [6, 6.07) is 6.04. The van der Waals surface area contributed by atoms with E-state index in [1.807, 2.05) is 23.9 Å². The standard InChI is InChI=1S/C12H18ClNS/c1-12(2,3)15-11-5-4-10(13)8-9(11)6-7-14/h4-5,8H,6-7,14H2,1-3H3. The van der Waals surface area contributed by atoms with Crippen LogP contribution in [0.4, 0.5) is 0 Å². The lowest BCUT2D eigenvalue weighted by Crippen LogP contribution is -2.09. The van der Waals surface area contributed by atoms with E-state index < -0.39 is 0 Å². The summed E-state index contributed by atoms with van der Waals surface area (Å²) in [5, 5.41) is 0.789. The largest absolute Gasteiger partial charge is 0.330 e. The summed E-state index contributed by atoms with van der Waals surface area (Å²) < 4.78 is 0.219. The van der Waals surface area contributed by atoms with Gasteiger partial charge in [-0.25, -0.2) is 0 Å². The van der Waals surface area contributed by atoms with E-state index in [1.54, 1.807) is 0 Å². The maximum absolute atomic E-state index is 5.97. The van der Waals surface area contributed by atoms with Crippen molar-refractivity contribution in [2.24, 2.45) is 5.73 Å². The lowest BCUT2D eigenvalue weighted by atomic mass is 10.1. The third-order valence-electron chi connectivity index (χ3n) is 1.85. The van der Waals surface area contributed by atoms with Crippen LogP contribution in [-0.4, -0.2) is 11.3 Å². The molecular weight excluding hydrogens is 226 g/mol. The van der Waals surface area contributed by atoms with Crippen LogP contribution in [0.1, 0.15) is 26.3 Å². The predicted octanol–water partition coefficient (Wildman–Crippen LogP) is 3.73. The molecule has 84 valence electrons. The highest BCUT2D eigenvalue weighted by Crippen LogP contribution is 2.35. The van der Waals surface area contributed by atoms with Crippen LogP contribution in [0.25, 0.3) is 0 Å². The van der Waals surface area contributed by atoms with Crippen LogP contribution in [0.5, 0.6) is 0 Å². The van der Waals surface area contributed by atoms with Gasteiger partial charge in [-0.2, -0.15) is 0 Å². The fraction of sp³-hybridized carbons (Fsp3) is 0.500. The second kappa shape index (κ2) is 5.24. The molecule has 0 heterocycles. The molecule has 1 aromatic carbocycles. The number of thioether (sulfide) groups is 1.